The van der Waals surface area contributed by atoms with Gasteiger partial charge in [-0.25, -0.2) is 0 Å². The van der Waals surface area contributed by atoms with Gasteiger partial charge in [0.2, 0.25) is 5.91 Å². The molecule has 0 atom stereocenters. The van der Waals surface area contributed by atoms with Crippen LogP contribution in [0.25, 0.3) is 0 Å². The van der Waals surface area contributed by atoms with Crippen LogP contribution in [0.15, 0.2) is 18.2 Å². The molecule has 2 rings (SSSR count). The average molecular weight is 311 g/mol. The summed E-state index contributed by atoms with van der Waals surface area (Å²) in [5, 5.41) is 3.54. The molecule has 1 aromatic carbocycles. The number of nitrogens with one attached hydrogen (secondary N) is 1. The van der Waals surface area contributed by atoms with Crippen molar-refractivity contribution in [3.63, 3.8) is 0 Å². The Morgan fingerprint density at radius 3 is 2.76 bits per heavy atom. The number of carbonyl (C=O) groups excluding carboxylic acids is 1. The van der Waals surface area contributed by atoms with Crippen molar-refractivity contribution in [1.82, 2.24) is 0 Å². The average Bonchev–Trinajstić information content (AvgIpc) is 2.96. The maximum Gasteiger partial charge on any atom is 0.231 e. The van der Waals surface area contributed by atoms with Gasteiger partial charge in [0, 0.05) is 11.6 Å². The predicted octanol–water partition coefficient (Wildman–Crippen LogP) is 3.59. The monoisotopic (exact) mass is 310 g/mol. The van der Waals surface area contributed by atoms with Crippen molar-refractivity contribution in [2.45, 2.75) is 39.0 Å². The van der Waals surface area contributed by atoms with Crippen molar-refractivity contribution in [2.24, 2.45) is 11.1 Å². The molecular formula is C16H23ClN2O2. The van der Waals surface area contributed by atoms with Gasteiger partial charge in [-0.2, -0.15) is 0 Å². The number of rotatable bonds is 6. The summed E-state index contributed by atoms with van der Waals surface area (Å²) in [6, 6.07) is 5.28. The molecule has 1 saturated carbocycles. The van der Waals surface area contributed by atoms with Crippen LogP contribution in [0.3, 0.4) is 0 Å². The number of benzene rings is 1. The van der Waals surface area contributed by atoms with Crippen molar-refractivity contribution < 1.29 is 9.53 Å². The van der Waals surface area contributed by atoms with E-state index in [-0.39, 0.29) is 5.91 Å². The summed E-state index contributed by atoms with van der Waals surface area (Å²) in [6.07, 6.45) is 4.71. The zero-order chi connectivity index (χ0) is 15.3. The molecule has 116 valence electrons. The first-order valence-electron chi connectivity index (χ1n) is 7.55. The Labute approximate surface area is 131 Å². The van der Waals surface area contributed by atoms with Crippen molar-refractivity contribution in [3.8, 4) is 5.75 Å². The van der Waals surface area contributed by atoms with E-state index < -0.39 is 5.41 Å². The molecule has 0 bridgehead atoms. The van der Waals surface area contributed by atoms with Crippen molar-refractivity contribution >= 4 is 23.2 Å². The fourth-order valence-electron chi connectivity index (χ4n) is 2.77. The van der Waals surface area contributed by atoms with E-state index >= 15 is 0 Å². The molecule has 0 aromatic heterocycles. The molecule has 21 heavy (non-hydrogen) atoms. The summed E-state index contributed by atoms with van der Waals surface area (Å²) >= 11 is 6.03. The molecule has 0 heterocycles. The lowest BCUT2D eigenvalue weighted by molar-refractivity contribution is -0.124. The zero-order valence-electron chi connectivity index (χ0n) is 12.5. The fourth-order valence-corrected chi connectivity index (χ4v) is 2.94. The first-order chi connectivity index (χ1) is 10.1. The summed E-state index contributed by atoms with van der Waals surface area (Å²) in [5.74, 6) is 0.630. The molecule has 1 fully saturated rings. The molecule has 1 aliphatic rings. The predicted molar refractivity (Wildman–Crippen MR) is 85.8 cm³/mol. The van der Waals surface area contributed by atoms with Crippen LogP contribution in [-0.2, 0) is 4.79 Å². The summed E-state index contributed by atoms with van der Waals surface area (Å²) in [5.41, 5.74) is 6.04. The molecule has 3 N–H and O–H groups in total. The summed E-state index contributed by atoms with van der Waals surface area (Å²) < 4.78 is 5.67. The second-order valence-electron chi connectivity index (χ2n) is 5.63. The number of hydrogen-bond donors (Lipinski definition) is 2. The highest BCUT2D eigenvalue weighted by Crippen LogP contribution is 2.39. The lowest BCUT2D eigenvalue weighted by Crippen LogP contribution is -2.40. The quantitative estimate of drug-likeness (QED) is 0.844. The van der Waals surface area contributed by atoms with Gasteiger partial charge in [0.15, 0.2) is 0 Å². The molecule has 0 unspecified atom stereocenters. The van der Waals surface area contributed by atoms with Crippen molar-refractivity contribution in [2.75, 3.05) is 18.5 Å². The van der Waals surface area contributed by atoms with E-state index in [1.807, 2.05) is 6.92 Å². The van der Waals surface area contributed by atoms with Crippen LogP contribution in [0, 0.1) is 5.41 Å². The zero-order valence-corrected chi connectivity index (χ0v) is 13.2. The van der Waals surface area contributed by atoms with Gasteiger partial charge in [-0.15, -0.1) is 0 Å². The van der Waals surface area contributed by atoms with Crippen LogP contribution in [0.4, 0.5) is 5.69 Å². The number of amides is 1. The van der Waals surface area contributed by atoms with Crippen LogP contribution in [0.1, 0.15) is 39.0 Å². The van der Waals surface area contributed by atoms with E-state index in [2.05, 4.69) is 5.32 Å². The Morgan fingerprint density at radius 2 is 2.14 bits per heavy atom. The number of carbonyl (C=O) groups is 1. The van der Waals surface area contributed by atoms with E-state index in [0.717, 1.165) is 32.1 Å². The van der Waals surface area contributed by atoms with Crippen LogP contribution in [0.2, 0.25) is 5.02 Å². The standard InChI is InChI=1S/C16H23ClN2O2/c1-2-9-21-14-6-5-12(17)10-13(14)19-15(20)16(11-18)7-3-4-8-16/h5-6,10H,2-4,7-9,11,18H2,1H3,(H,19,20). The lowest BCUT2D eigenvalue weighted by atomic mass is 9.85. The van der Waals surface area contributed by atoms with Crippen LogP contribution in [0.5, 0.6) is 5.75 Å². The molecule has 0 radical (unpaired) electrons. The van der Waals surface area contributed by atoms with Crippen LogP contribution < -0.4 is 15.8 Å². The van der Waals surface area contributed by atoms with E-state index in [0.29, 0.717) is 29.6 Å². The maximum absolute atomic E-state index is 12.6. The Morgan fingerprint density at radius 1 is 1.43 bits per heavy atom. The van der Waals surface area contributed by atoms with Crippen molar-refractivity contribution in [3.05, 3.63) is 23.2 Å². The Hall–Kier alpha value is -1.26. The van der Waals surface area contributed by atoms with Crippen molar-refractivity contribution in [1.29, 1.82) is 0 Å². The van der Waals surface area contributed by atoms with Gasteiger partial charge in [-0.05, 0) is 37.5 Å². The molecule has 1 aromatic rings. The number of nitrogens with two attached hydrogens (primary N) is 1. The fraction of sp³-hybridized carbons (Fsp3) is 0.562. The molecule has 1 aliphatic carbocycles. The first-order valence-corrected chi connectivity index (χ1v) is 7.93. The molecule has 1 amide bonds. The maximum atomic E-state index is 12.6. The largest absolute Gasteiger partial charge is 0.491 e. The first kappa shape index (κ1) is 16.1. The molecule has 0 saturated heterocycles. The number of hydrogen-bond acceptors (Lipinski definition) is 3. The lowest BCUT2D eigenvalue weighted by Gasteiger charge is -2.26. The summed E-state index contributed by atoms with van der Waals surface area (Å²) in [4.78, 5) is 12.6. The minimum absolute atomic E-state index is 0.0221. The van der Waals surface area contributed by atoms with Gasteiger partial charge in [0.25, 0.3) is 0 Å². The van der Waals surface area contributed by atoms with Gasteiger partial charge in [0.1, 0.15) is 5.75 Å². The van der Waals surface area contributed by atoms with E-state index in [1.54, 1.807) is 18.2 Å². The van der Waals surface area contributed by atoms with E-state index in [1.165, 1.54) is 0 Å². The van der Waals surface area contributed by atoms with Gasteiger partial charge in [0.05, 0.1) is 17.7 Å². The van der Waals surface area contributed by atoms with Crippen LogP contribution >= 0.6 is 11.6 Å². The molecule has 0 spiro atoms. The van der Waals surface area contributed by atoms with Gasteiger partial charge in [-0.3, -0.25) is 4.79 Å². The molecule has 4 nitrogen and oxygen atoms in total. The number of ether oxygens (including phenoxy) is 1. The third-order valence-corrected chi connectivity index (χ3v) is 4.32. The molecular weight excluding hydrogens is 288 g/mol. The van der Waals surface area contributed by atoms with Gasteiger partial charge in [-0.1, -0.05) is 31.4 Å². The summed E-state index contributed by atoms with van der Waals surface area (Å²) in [6.45, 7) is 3.02. The number of anilines is 1. The highest BCUT2D eigenvalue weighted by atomic mass is 35.5. The second-order valence-corrected chi connectivity index (χ2v) is 6.07. The number of halogens is 1. The third-order valence-electron chi connectivity index (χ3n) is 4.08. The second kappa shape index (κ2) is 7.14. The molecule has 0 aliphatic heterocycles. The normalized spacial score (nSPS) is 16.7. The topological polar surface area (TPSA) is 64.3 Å². The SMILES string of the molecule is CCCOc1ccc(Cl)cc1NC(=O)C1(CN)CCCC1. The minimum atomic E-state index is -0.440. The highest BCUT2D eigenvalue weighted by Gasteiger charge is 2.40. The van der Waals surface area contributed by atoms with Gasteiger partial charge < -0.3 is 15.8 Å². The molecule has 5 heteroatoms. The summed E-state index contributed by atoms with van der Waals surface area (Å²) in [7, 11) is 0. The Balaban J connectivity index is 2.17. The third kappa shape index (κ3) is 3.69. The van der Waals surface area contributed by atoms with Crippen LogP contribution in [-0.4, -0.2) is 19.1 Å². The Kier molecular flexibility index (Phi) is 5.48. The van der Waals surface area contributed by atoms with Gasteiger partial charge >= 0.3 is 0 Å². The minimum Gasteiger partial charge on any atom is -0.491 e. The Bertz CT molecular complexity index is 499. The smallest absolute Gasteiger partial charge is 0.231 e. The van der Waals surface area contributed by atoms with E-state index in [4.69, 9.17) is 22.1 Å². The highest BCUT2D eigenvalue weighted by molar-refractivity contribution is 6.31. The van der Waals surface area contributed by atoms with E-state index in [9.17, 15) is 4.79 Å².